The standard InChI is InChI=1S/C15H21NO4/c1-3-4-10-12(15(18)19)16-14(17)13(20-2)11-8-6-5-7-9-11/h5-9,12-13H,3-4,10H2,1-2H3,(H,16,17)(H,18,19)/t12-,13-/m0/s1. The molecule has 110 valence electrons. The first kappa shape index (κ1) is 16.2. The van der Waals surface area contributed by atoms with Gasteiger partial charge in [-0.05, 0) is 12.0 Å². The topological polar surface area (TPSA) is 75.6 Å². The molecule has 20 heavy (non-hydrogen) atoms. The second-order valence-electron chi connectivity index (χ2n) is 4.57. The van der Waals surface area contributed by atoms with Crippen LogP contribution in [0, 0.1) is 0 Å². The summed E-state index contributed by atoms with van der Waals surface area (Å²) in [6, 6.07) is 8.13. The Kier molecular flexibility index (Phi) is 6.73. The van der Waals surface area contributed by atoms with Crippen molar-refractivity contribution < 1.29 is 19.4 Å². The lowest BCUT2D eigenvalue weighted by molar-refractivity contribution is -0.144. The molecule has 0 bridgehead atoms. The fourth-order valence-electron chi connectivity index (χ4n) is 1.94. The highest BCUT2D eigenvalue weighted by molar-refractivity contribution is 5.87. The van der Waals surface area contributed by atoms with E-state index in [1.165, 1.54) is 7.11 Å². The number of ether oxygens (including phenoxy) is 1. The van der Waals surface area contributed by atoms with Crippen molar-refractivity contribution in [2.45, 2.75) is 38.3 Å². The van der Waals surface area contributed by atoms with Gasteiger partial charge >= 0.3 is 5.97 Å². The fourth-order valence-corrected chi connectivity index (χ4v) is 1.94. The average Bonchev–Trinajstić information content (AvgIpc) is 2.45. The summed E-state index contributed by atoms with van der Waals surface area (Å²) < 4.78 is 5.18. The van der Waals surface area contributed by atoms with Crippen molar-refractivity contribution in [3.8, 4) is 0 Å². The van der Waals surface area contributed by atoms with Crippen LogP contribution in [-0.2, 0) is 14.3 Å². The van der Waals surface area contributed by atoms with E-state index in [1.54, 1.807) is 24.3 Å². The van der Waals surface area contributed by atoms with E-state index in [4.69, 9.17) is 9.84 Å². The summed E-state index contributed by atoms with van der Waals surface area (Å²) in [5, 5.41) is 11.7. The zero-order chi connectivity index (χ0) is 15.0. The molecule has 2 N–H and O–H groups in total. The summed E-state index contributed by atoms with van der Waals surface area (Å²) in [5.74, 6) is -1.45. The molecule has 1 aromatic carbocycles. The Morgan fingerprint density at radius 2 is 1.95 bits per heavy atom. The Morgan fingerprint density at radius 3 is 2.45 bits per heavy atom. The molecule has 2 atom stereocenters. The number of carbonyl (C=O) groups is 2. The molecule has 0 unspecified atom stereocenters. The highest BCUT2D eigenvalue weighted by Gasteiger charge is 2.25. The maximum Gasteiger partial charge on any atom is 0.326 e. The molecule has 0 aromatic heterocycles. The van der Waals surface area contributed by atoms with Crippen molar-refractivity contribution in [2.75, 3.05) is 7.11 Å². The van der Waals surface area contributed by atoms with Gasteiger partial charge in [-0.2, -0.15) is 0 Å². The number of hydrogen-bond acceptors (Lipinski definition) is 3. The first-order valence-electron chi connectivity index (χ1n) is 6.71. The number of carboxylic acid groups (broad SMARTS) is 1. The van der Waals surface area contributed by atoms with Crippen LogP contribution in [0.5, 0.6) is 0 Å². The van der Waals surface area contributed by atoms with Crippen LogP contribution >= 0.6 is 0 Å². The molecule has 0 spiro atoms. The number of benzene rings is 1. The van der Waals surface area contributed by atoms with Crippen LogP contribution in [-0.4, -0.2) is 30.1 Å². The minimum absolute atomic E-state index is 0.419. The van der Waals surface area contributed by atoms with E-state index in [0.29, 0.717) is 12.0 Å². The number of methoxy groups -OCH3 is 1. The smallest absolute Gasteiger partial charge is 0.326 e. The van der Waals surface area contributed by atoms with Crippen molar-refractivity contribution in [3.05, 3.63) is 35.9 Å². The van der Waals surface area contributed by atoms with Crippen LogP contribution in [0.1, 0.15) is 37.9 Å². The van der Waals surface area contributed by atoms with Crippen LogP contribution in [0.2, 0.25) is 0 Å². The summed E-state index contributed by atoms with van der Waals surface area (Å²) in [6.07, 6.45) is 1.26. The Morgan fingerprint density at radius 1 is 1.30 bits per heavy atom. The molecule has 0 fully saturated rings. The Balaban J connectivity index is 2.73. The minimum atomic E-state index is -1.02. The molecule has 0 aliphatic rings. The molecule has 0 radical (unpaired) electrons. The normalized spacial score (nSPS) is 13.5. The van der Waals surface area contributed by atoms with Gasteiger partial charge in [0.1, 0.15) is 6.04 Å². The zero-order valence-electron chi connectivity index (χ0n) is 11.8. The van der Waals surface area contributed by atoms with Crippen molar-refractivity contribution >= 4 is 11.9 Å². The lowest BCUT2D eigenvalue weighted by Crippen LogP contribution is -2.43. The molecule has 5 heteroatoms. The molecular weight excluding hydrogens is 258 g/mol. The van der Waals surface area contributed by atoms with Crippen LogP contribution in [0.4, 0.5) is 0 Å². The van der Waals surface area contributed by atoms with Gasteiger partial charge in [0.2, 0.25) is 0 Å². The summed E-state index contributed by atoms with van der Waals surface area (Å²) in [5.41, 5.74) is 0.701. The summed E-state index contributed by atoms with van der Waals surface area (Å²) in [7, 11) is 1.43. The molecule has 1 amide bonds. The van der Waals surface area contributed by atoms with E-state index in [1.807, 2.05) is 13.0 Å². The van der Waals surface area contributed by atoms with Gasteiger partial charge in [0.15, 0.2) is 6.10 Å². The number of carbonyl (C=O) groups excluding carboxylic acids is 1. The third kappa shape index (κ3) is 4.66. The number of carboxylic acids is 1. The van der Waals surface area contributed by atoms with Crippen LogP contribution in [0.25, 0.3) is 0 Å². The second kappa shape index (κ2) is 8.32. The molecule has 0 aliphatic heterocycles. The predicted octanol–water partition coefficient (Wildman–Crippen LogP) is 2.13. The van der Waals surface area contributed by atoms with Gasteiger partial charge in [-0.15, -0.1) is 0 Å². The number of aliphatic carboxylic acids is 1. The fraction of sp³-hybridized carbons (Fsp3) is 0.467. The van der Waals surface area contributed by atoms with Gasteiger partial charge in [-0.3, -0.25) is 4.79 Å². The van der Waals surface area contributed by atoms with E-state index in [-0.39, 0.29) is 0 Å². The first-order chi connectivity index (χ1) is 9.60. The van der Waals surface area contributed by atoms with E-state index >= 15 is 0 Å². The molecule has 0 saturated carbocycles. The highest BCUT2D eigenvalue weighted by atomic mass is 16.5. The van der Waals surface area contributed by atoms with E-state index < -0.39 is 24.0 Å². The van der Waals surface area contributed by atoms with Gasteiger partial charge in [0.05, 0.1) is 0 Å². The van der Waals surface area contributed by atoms with Crippen LogP contribution in [0.3, 0.4) is 0 Å². The molecule has 5 nitrogen and oxygen atoms in total. The van der Waals surface area contributed by atoms with Gasteiger partial charge in [-0.1, -0.05) is 50.1 Å². The molecule has 0 saturated heterocycles. The van der Waals surface area contributed by atoms with Crippen molar-refractivity contribution in [1.82, 2.24) is 5.32 Å². The second-order valence-corrected chi connectivity index (χ2v) is 4.57. The van der Waals surface area contributed by atoms with Gasteiger partial charge < -0.3 is 15.2 Å². The maximum atomic E-state index is 12.2. The highest BCUT2D eigenvalue weighted by Crippen LogP contribution is 2.16. The minimum Gasteiger partial charge on any atom is -0.480 e. The average molecular weight is 279 g/mol. The SMILES string of the molecule is CCCC[C@H](NC(=O)[C@@H](OC)c1ccccc1)C(=O)O. The van der Waals surface area contributed by atoms with Gasteiger partial charge in [0, 0.05) is 7.11 Å². The third-order valence-electron chi connectivity index (χ3n) is 3.04. The largest absolute Gasteiger partial charge is 0.480 e. The van der Waals surface area contributed by atoms with Crippen molar-refractivity contribution in [2.24, 2.45) is 0 Å². The Labute approximate surface area is 118 Å². The van der Waals surface area contributed by atoms with E-state index in [2.05, 4.69) is 5.32 Å². The van der Waals surface area contributed by atoms with Gasteiger partial charge in [0.25, 0.3) is 5.91 Å². The summed E-state index contributed by atoms with van der Waals surface area (Å²) >= 11 is 0. The van der Waals surface area contributed by atoms with Gasteiger partial charge in [-0.25, -0.2) is 4.79 Å². The predicted molar refractivity (Wildman–Crippen MR) is 75.3 cm³/mol. The first-order valence-corrected chi connectivity index (χ1v) is 6.71. The third-order valence-corrected chi connectivity index (χ3v) is 3.04. The molecule has 0 aliphatic carbocycles. The number of amides is 1. The Bertz CT molecular complexity index is 433. The molecular formula is C15H21NO4. The zero-order valence-corrected chi connectivity index (χ0v) is 11.8. The monoisotopic (exact) mass is 279 g/mol. The summed E-state index contributed by atoms with van der Waals surface area (Å²) in [4.78, 5) is 23.3. The van der Waals surface area contributed by atoms with Crippen molar-refractivity contribution in [1.29, 1.82) is 0 Å². The number of hydrogen-bond donors (Lipinski definition) is 2. The lowest BCUT2D eigenvalue weighted by atomic mass is 10.1. The Hall–Kier alpha value is -1.88. The van der Waals surface area contributed by atoms with E-state index in [0.717, 1.165) is 12.8 Å². The number of nitrogens with one attached hydrogen (secondary N) is 1. The number of rotatable bonds is 8. The summed E-state index contributed by atoms with van der Waals surface area (Å²) in [6.45, 7) is 1.97. The maximum absolute atomic E-state index is 12.2. The van der Waals surface area contributed by atoms with Crippen LogP contribution in [0.15, 0.2) is 30.3 Å². The van der Waals surface area contributed by atoms with Crippen LogP contribution < -0.4 is 5.32 Å². The molecule has 1 rings (SSSR count). The number of unbranched alkanes of at least 4 members (excludes halogenated alkanes) is 1. The molecule has 1 aromatic rings. The molecule has 0 heterocycles. The van der Waals surface area contributed by atoms with Crippen molar-refractivity contribution in [3.63, 3.8) is 0 Å². The lowest BCUT2D eigenvalue weighted by Gasteiger charge is -2.19. The quantitative estimate of drug-likeness (QED) is 0.764. The van der Waals surface area contributed by atoms with E-state index in [9.17, 15) is 9.59 Å².